The fourth-order valence-electron chi connectivity index (χ4n) is 1.22. The number of aryl methyl sites for hydroxylation is 1. The van der Waals surface area contributed by atoms with Crippen molar-refractivity contribution in [1.82, 2.24) is 0 Å². The van der Waals surface area contributed by atoms with E-state index in [4.69, 9.17) is 16.0 Å². The molecule has 1 heterocycles. The normalized spacial score (nSPS) is 11.1. The molecule has 2 aromatic rings. The van der Waals surface area contributed by atoms with Crippen molar-refractivity contribution in [3.63, 3.8) is 0 Å². The quantitative estimate of drug-likeness (QED) is 0.701. The Kier molecular flexibility index (Phi) is 2.88. The molecular formula is C12H10ClNO. The number of halogens is 1. The molecule has 0 aliphatic rings. The summed E-state index contributed by atoms with van der Waals surface area (Å²) >= 11 is 5.88. The van der Waals surface area contributed by atoms with Crippen LogP contribution >= 0.6 is 11.6 Å². The Hall–Kier alpha value is -1.54. The van der Waals surface area contributed by atoms with Crippen molar-refractivity contribution in [2.24, 2.45) is 4.99 Å². The Morgan fingerprint density at radius 1 is 1.33 bits per heavy atom. The van der Waals surface area contributed by atoms with Crippen molar-refractivity contribution in [2.45, 2.75) is 6.92 Å². The van der Waals surface area contributed by atoms with Gasteiger partial charge in [-0.3, -0.25) is 4.99 Å². The highest BCUT2D eigenvalue weighted by atomic mass is 35.5. The molecule has 3 heteroatoms. The van der Waals surface area contributed by atoms with Crippen LogP contribution < -0.4 is 0 Å². The van der Waals surface area contributed by atoms with E-state index < -0.39 is 0 Å². The summed E-state index contributed by atoms with van der Waals surface area (Å²) in [6, 6.07) is 9.30. The molecule has 0 radical (unpaired) electrons. The lowest BCUT2D eigenvalue weighted by molar-refractivity contribution is 0.560. The minimum Gasteiger partial charge on any atom is -0.463 e. The van der Waals surface area contributed by atoms with Crippen LogP contribution in [-0.2, 0) is 0 Å². The summed E-state index contributed by atoms with van der Waals surface area (Å²) in [5.41, 5.74) is 1.95. The van der Waals surface area contributed by atoms with Crippen molar-refractivity contribution in [3.8, 4) is 0 Å². The first-order chi connectivity index (χ1) is 7.25. The molecule has 1 aromatic carbocycles. The van der Waals surface area contributed by atoms with Gasteiger partial charge in [-0.05, 0) is 36.8 Å². The molecule has 0 bridgehead atoms. The summed E-state index contributed by atoms with van der Waals surface area (Å²) in [7, 11) is 0. The molecule has 0 aliphatic heterocycles. The number of nitrogens with zero attached hydrogens (tertiary/aromatic N) is 1. The Balaban J connectivity index is 2.27. The van der Waals surface area contributed by atoms with Crippen LogP contribution in [0.25, 0.3) is 0 Å². The predicted molar refractivity (Wildman–Crippen MR) is 62.2 cm³/mol. The Morgan fingerprint density at radius 3 is 2.93 bits per heavy atom. The van der Waals surface area contributed by atoms with Crippen LogP contribution in [0.4, 0.5) is 5.69 Å². The van der Waals surface area contributed by atoms with Gasteiger partial charge >= 0.3 is 0 Å². The zero-order valence-electron chi connectivity index (χ0n) is 8.27. The summed E-state index contributed by atoms with van der Waals surface area (Å²) in [5.74, 6) is 0.731. The SMILES string of the molecule is Cc1ccc(Cl)cc1N=Cc1ccco1. The average molecular weight is 220 g/mol. The van der Waals surface area contributed by atoms with Crippen molar-refractivity contribution in [1.29, 1.82) is 0 Å². The first-order valence-electron chi connectivity index (χ1n) is 4.59. The summed E-state index contributed by atoms with van der Waals surface area (Å²) < 4.78 is 5.14. The molecule has 0 atom stereocenters. The zero-order valence-corrected chi connectivity index (χ0v) is 9.03. The Bertz CT molecular complexity index is 474. The summed E-state index contributed by atoms with van der Waals surface area (Å²) in [4.78, 5) is 4.31. The second-order valence-corrected chi connectivity index (χ2v) is 3.64. The third-order valence-electron chi connectivity index (χ3n) is 2.05. The number of hydrogen-bond donors (Lipinski definition) is 0. The molecule has 0 saturated heterocycles. The first-order valence-corrected chi connectivity index (χ1v) is 4.97. The van der Waals surface area contributed by atoms with Gasteiger partial charge in [0.2, 0.25) is 0 Å². The van der Waals surface area contributed by atoms with Gasteiger partial charge in [-0.1, -0.05) is 17.7 Å². The second kappa shape index (κ2) is 4.32. The van der Waals surface area contributed by atoms with Gasteiger partial charge in [0.15, 0.2) is 0 Å². The number of aliphatic imine (C=N–C) groups is 1. The second-order valence-electron chi connectivity index (χ2n) is 3.20. The number of furan rings is 1. The minimum absolute atomic E-state index is 0.687. The van der Waals surface area contributed by atoms with E-state index in [-0.39, 0.29) is 0 Å². The van der Waals surface area contributed by atoms with Gasteiger partial charge in [-0.15, -0.1) is 0 Å². The lowest BCUT2D eigenvalue weighted by atomic mass is 10.2. The maximum atomic E-state index is 5.88. The van der Waals surface area contributed by atoms with Crippen molar-refractivity contribution in [3.05, 3.63) is 52.9 Å². The van der Waals surface area contributed by atoms with E-state index in [2.05, 4.69) is 4.99 Å². The molecule has 2 rings (SSSR count). The molecule has 1 aromatic heterocycles. The molecule has 2 nitrogen and oxygen atoms in total. The summed E-state index contributed by atoms with van der Waals surface area (Å²) in [6.07, 6.45) is 3.30. The van der Waals surface area contributed by atoms with E-state index in [1.165, 1.54) is 0 Å². The fourth-order valence-corrected chi connectivity index (χ4v) is 1.39. The van der Waals surface area contributed by atoms with Crippen LogP contribution in [0, 0.1) is 6.92 Å². The number of benzene rings is 1. The van der Waals surface area contributed by atoms with E-state index >= 15 is 0 Å². The van der Waals surface area contributed by atoms with E-state index in [1.54, 1.807) is 12.5 Å². The van der Waals surface area contributed by atoms with E-state index in [1.807, 2.05) is 37.3 Å². The van der Waals surface area contributed by atoms with Crippen molar-refractivity contribution < 1.29 is 4.42 Å². The summed E-state index contributed by atoms with van der Waals surface area (Å²) in [6.45, 7) is 1.99. The fraction of sp³-hybridized carbons (Fsp3) is 0.0833. The molecule has 0 aliphatic carbocycles. The largest absolute Gasteiger partial charge is 0.463 e. The van der Waals surface area contributed by atoms with Gasteiger partial charge in [-0.2, -0.15) is 0 Å². The predicted octanol–water partition coefficient (Wildman–Crippen LogP) is 3.99. The van der Waals surface area contributed by atoms with Crippen LogP contribution in [0.1, 0.15) is 11.3 Å². The Labute approximate surface area is 93.2 Å². The van der Waals surface area contributed by atoms with Gasteiger partial charge in [0.05, 0.1) is 18.2 Å². The van der Waals surface area contributed by atoms with Crippen LogP contribution in [0.15, 0.2) is 46.0 Å². The Morgan fingerprint density at radius 2 is 2.20 bits per heavy atom. The molecule has 0 unspecified atom stereocenters. The topological polar surface area (TPSA) is 25.5 Å². The molecule has 15 heavy (non-hydrogen) atoms. The van der Waals surface area contributed by atoms with E-state index in [9.17, 15) is 0 Å². The molecule has 0 spiro atoms. The highest BCUT2D eigenvalue weighted by Gasteiger charge is 1.97. The van der Waals surface area contributed by atoms with Crippen molar-refractivity contribution in [2.75, 3.05) is 0 Å². The van der Waals surface area contributed by atoms with Gasteiger partial charge in [0, 0.05) is 5.02 Å². The highest BCUT2D eigenvalue weighted by molar-refractivity contribution is 6.30. The monoisotopic (exact) mass is 219 g/mol. The maximum absolute atomic E-state index is 5.88. The molecule has 0 fully saturated rings. The van der Waals surface area contributed by atoms with E-state index in [0.29, 0.717) is 5.02 Å². The number of hydrogen-bond acceptors (Lipinski definition) is 2. The molecular weight excluding hydrogens is 210 g/mol. The molecule has 76 valence electrons. The van der Waals surface area contributed by atoms with Gasteiger partial charge in [0.1, 0.15) is 5.76 Å². The van der Waals surface area contributed by atoms with Crippen molar-refractivity contribution >= 4 is 23.5 Å². The third kappa shape index (κ3) is 2.48. The third-order valence-corrected chi connectivity index (χ3v) is 2.28. The number of rotatable bonds is 2. The highest BCUT2D eigenvalue weighted by Crippen LogP contribution is 2.22. The first kappa shape index (κ1) is 9.99. The molecule has 0 saturated carbocycles. The maximum Gasteiger partial charge on any atom is 0.144 e. The van der Waals surface area contributed by atoms with Gasteiger partial charge in [0.25, 0.3) is 0 Å². The van der Waals surface area contributed by atoms with Crippen LogP contribution in [0.3, 0.4) is 0 Å². The summed E-state index contributed by atoms with van der Waals surface area (Å²) in [5, 5.41) is 0.687. The van der Waals surface area contributed by atoms with Crippen LogP contribution in [0.5, 0.6) is 0 Å². The minimum atomic E-state index is 0.687. The smallest absolute Gasteiger partial charge is 0.144 e. The molecule has 0 amide bonds. The molecule has 0 N–H and O–H groups in total. The van der Waals surface area contributed by atoms with Crippen LogP contribution in [-0.4, -0.2) is 6.21 Å². The average Bonchev–Trinajstić information content (AvgIpc) is 2.72. The lowest BCUT2D eigenvalue weighted by Crippen LogP contribution is -1.77. The standard InChI is InChI=1S/C12H10ClNO/c1-9-4-5-10(13)7-12(9)14-8-11-3-2-6-15-11/h2-8H,1H3. The van der Waals surface area contributed by atoms with Gasteiger partial charge in [-0.25, -0.2) is 0 Å². The van der Waals surface area contributed by atoms with E-state index in [0.717, 1.165) is 17.0 Å². The lowest BCUT2D eigenvalue weighted by Gasteiger charge is -1.99. The van der Waals surface area contributed by atoms with Crippen LogP contribution in [0.2, 0.25) is 5.02 Å². The zero-order chi connectivity index (χ0) is 10.7. The van der Waals surface area contributed by atoms with Gasteiger partial charge < -0.3 is 4.42 Å².